The van der Waals surface area contributed by atoms with E-state index in [1.807, 2.05) is 12.2 Å². The largest absolute Gasteiger partial charge is 0.476 e. The molecule has 16 heteroatoms. The number of para-hydroxylation sites is 2. The Kier molecular flexibility index (Phi) is 11.4. The van der Waals surface area contributed by atoms with E-state index in [9.17, 15) is 37.5 Å². The normalized spacial score (nSPS) is 26.5. The second kappa shape index (κ2) is 15.3. The highest BCUT2D eigenvalue weighted by Crippen LogP contribution is 2.57. The van der Waals surface area contributed by atoms with Crippen LogP contribution < -0.4 is 9.46 Å². The third-order valence-corrected chi connectivity index (χ3v) is 11.1. The van der Waals surface area contributed by atoms with E-state index in [2.05, 4.69) is 14.7 Å². The van der Waals surface area contributed by atoms with Crippen LogP contribution in [0.3, 0.4) is 0 Å². The van der Waals surface area contributed by atoms with E-state index in [0.717, 1.165) is 17.1 Å². The number of esters is 1. The molecule has 2 amide bonds. The van der Waals surface area contributed by atoms with Crippen molar-refractivity contribution in [3.8, 4) is 5.88 Å². The number of ketones is 1. The van der Waals surface area contributed by atoms with Gasteiger partial charge in [-0.3, -0.25) is 19.2 Å². The van der Waals surface area contributed by atoms with E-state index in [-0.39, 0.29) is 38.1 Å². The summed E-state index contributed by atoms with van der Waals surface area (Å²) in [5.41, 5.74) is -1.85. The number of hydrogen-bond acceptors (Lipinski definition) is 11. The lowest BCUT2D eigenvalue weighted by Gasteiger charge is -2.29. The molecule has 1 aromatic heterocycles. The monoisotopic (exact) mass is 741 g/mol. The number of fused-ring (bicyclic) bond motifs is 3. The summed E-state index contributed by atoms with van der Waals surface area (Å²) < 4.78 is 40.0. The van der Waals surface area contributed by atoms with Crippen LogP contribution >= 0.6 is 0 Å². The van der Waals surface area contributed by atoms with E-state index >= 15 is 0 Å². The molecule has 1 aromatic carbocycles. The van der Waals surface area contributed by atoms with Gasteiger partial charge in [-0.25, -0.2) is 19.5 Å². The van der Waals surface area contributed by atoms with Gasteiger partial charge in [0.15, 0.2) is 5.78 Å². The fraction of sp³-hybridized carbons (Fsp3) is 0.583. The van der Waals surface area contributed by atoms with Crippen molar-refractivity contribution in [2.24, 2.45) is 17.3 Å². The molecule has 0 radical (unpaired) electrons. The molecule has 2 aliphatic heterocycles. The Morgan fingerprint density at radius 1 is 1.08 bits per heavy atom. The van der Waals surface area contributed by atoms with Crippen LogP contribution in [0.2, 0.25) is 0 Å². The Bertz CT molecular complexity index is 1870. The smallest absolute Gasteiger partial charge is 0.360 e. The summed E-state index contributed by atoms with van der Waals surface area (Å²) in [7, 11) is -1.60. The Hall–Kier alpha value is -4.44. The quantitative estimate of drug-likeness (QED) is 0.295. The predicted molar refractivity (Wildman–Crippen MR) is 188 cm³/mol. The van der Waals surface area contributed by atoms with Crippen molar-refractivity contribution in [3.05, 3.63) is 42.1 Å². The Morgan fingerprint density at radius 2 is 1.77 bits per heavy atom. The summed E-state index contributed by atoms with van der Waals surface area (Å²) in [6.07, 6.45) is 5.71. The van der Waals surface area contributed by atoms with Gasteiger partial charge in [-0.15, -0.1) is 0 Å². The highest BCUT2D eigenvalue weighted by atomic mass is 32.2. The van der Waals surface area contributed by atoms with Gasteiger partial charge in [0.2, 0.25) is 23.4 Å². The zero-order chi connectivity index (χ0) is 38.0. The van der Waals surface area contributed by atoms with Gasteiger partial charge in [0, 0.05) is 32.9 Å². The summed E-state index contributed by atoms with van der Waals surface area (Å²) in [6, 6.07) is 5.55. The second-order valence-corrected chi connectivity index (χ2v) is 16.9. The van der Waals surface area contributed by atoms with E-state index in [1.54, 1.807) is 45.0 Å². The lowest BCUT2D eigenvalue weighted by atomic mass is 9.90. The highest BCUT2D eigenvalue weighted by Gasteiger charge is 2.61. The molecule has 2 N–H and O–H groups in total. The molecule has 2 aromatic rings. The molecule has 0 bridgehead atoms. The van der Waals surface area contributed by atoms with E-state index in [1.165, 1.54) is 19.0 Å². The molecule has 1 aliphatic carbocycles. The van der Waals surface area contributed by atoms with Gasteiger partial charge in [-0.2, -0.15) is 12.7 Å². The lowest BCUT2D eigenvalue weighted by Crippen LogP contribution is -2.47. The minimum absolute atomic E-state index is 0.0640. The first kappa shape index (κ1) is 38.8. The van der Waals surface area contributed by atoms with Gasteiger partial charge in [0.1, 0.15) is 11.7 Å². The van der Waals surface area contributed by atoms with Gasteiger partial charge in [-0.05, 0) is 64.5 Å². The number of carboxylic acids is 1. The molecule has 5 rings (SSSR count). The van der Waals surface area contributed by atoms with Crippen LogP contribution in [0.5, 0.6) is 5.88 Å². The predicted octanol–water partition coefficient (Wildman–Crippen LogP) is 3.43. The van der Waals surface area contributed by atoms with E-state index < -0.39 is 80.4 Å². The first-order valence-corrected chi connectivity index (χ1v) is 19.0. The fourth-order valence-electron chi connectivity index (χ4n) is 6.89. The summed E-state index contributed by atoms with van der Waals surface area (Å²) in [5.74, 6) is -5.19. The average molecular weight is 742 g/mol. The van der Waals surface area contributed by atoms with Crippen LogP contribution in [0.25, 0.3) is 11.0 Å². The van der Waals surface area contributed by atoms with Crippen molar-refractivity contribution in [3.63, 3.8) is 0 Å². The third-order valence-electron chi connectivity index (χ3n) is 9.69. The zero-order valence-electron chi connectivity index (χ0n) is 30.2. The van der Waals surface area contributed by atoms with Crippen LogP contribution in [-0.4, -0.2) is 101 Å². The van der Waals surface area contributed by atoms with Crippen LogP contribution in [0.1, 0.15) is 89.0 Å². The summed E-state index contributed by atoms with van der Waals surface area (Å²) in [6.45, 7) is 5.06. The number of rotatable bonds is 8. The van der Waals surface area contributed by atoms with Crippen LogP contribution in [0.15, 0.2) is 36.4 Å². The Balaban J connectivity index is 1.50. The first-order valence-electron chi connectivity index (χ1n) is 17.5. The molecule has 0 unspecified atom stereocenters. The molecular weight excluding hydrogens is 694 g/mol. The molecule has 282 valence electrons. The van der Waals surface area contributed by atoms with Gasteiger partial charge in [0.25, 0.3) is 0 Å². The summed E-state index contributed by atoms with van der Waals surface area (Å²) in [4.78, 5) is 77.6. The number of amides is 2. The number of Topliss-reactive ketones (excluding diaryl/α,β-unsaturated/α-hetero) is 1. The number of nitrogens with zero attached hydrogens (tertiary/aromatic N) is 4. The maximum absolute atomic E-state index is 14.4. The van der Waals surface area contributed by atoms with Crippen molar-refractivity contribution >= 4 is 50.8 Å². The number of ether oxygens (including phenoxy) is 2. The molecule has 1 saturated carbocycles. The molecule has 15 nitrogen and oxygen atoms in total. The van der Waals surface area contributed by atoms with Gasteiger partial charge >= 0.3 is 22.1 Å². The number of carbonyl (C=O) groups excluding carboxylic acids is 4. The minimum atomic E-state index is -4.16. The number of nitrogens with one attached hydrogen (secondary N) is 1. The molecule has 3 aliphatic rings. The molecule has 3 heterocycles. The number of hydrogen-bond donors (Lipinski definition) is 2. The summed E-state index contributed by atoms with van der Waals surface area (Å²) in [5, 5.41) is 9.94. The maximum Gasteiger partial charge on any atom is 0.360 e. The number of allylic oxidation sites excluding steroid dienone is 2. The number of aromatic carboxylic acids is 1. The first-order chi connectivity index (χ1) is 24.4. The Labute approximate surface area is 303 Å². The van der Waals surface area contributed by atoms with Crippen molar-refractivity contribution in [2.75, 3.05) is 20.6 Å². The zero-order valence-corrected chi connectivity index (χ0v) is 31.0. The molecule has 0 spiro atoms. The number of carbonyl (C=O) groups is 5. The van der Waals surface area contributed by atoms with Crippen LogP contribution in [0, 0.1) is 17.3 Å². The minimum Gasteiger partial charge on any atom is -0.476 e. The van der Waals surface area contributed by atoms with E-state index in [4.69, 9.17) is 9.47 Å². The maximum atomic E-state index is 14.4. The molecule has 1 saturated heterocycles. The fourth-order valence-corrected chi connectivity index (χ4v) is 7.51. The molecule has 2 fully saturated rings. The number of aromatic nitrogens is 2. The molecule has 5 atom stereocenters. The van der Waals surface area contributed by atoms with Gasteiger partial charge in [-0.1, -0.05) is 37.1 Å². The molecule has 52 heavy (non-hydrogen) atoms. The van der Waals surface area contributed by atoms with E-state index in [0.29, 0.717) is 30.3 Å². The average Bonchev–Trinajstić information content (AvgIpc) is 3.58. The van der Waals surface area contributed by atoms with Crippen molar-refractivity contribution in [1.29, 1.82) is 0 Å². The molecular formula is C36H47N5O10S. The lowest BCUT2D eigenvalue weighted by molar-refractivity contribution is -0.159. The van der Waals surface area contributed by atoms with Crippen molar-refractivity contribution in [1.82, 2.24) is 23.9 Å². The SMILES string of the molecule is CN(C)S(=O)(=O)NC(=O)[C@]12CC(=O)[C@@H]3C[C@@H](Oc4nc5ccccc5nc4C(=O)O)CN3C(=O)[C@@H](CC(=O)OC(C)(C)C)CCCCC/C=C\[C@H]1C2. The third kappa shape index (κ3) is 8.95. The van der Waals surface area contributed by atoms with Gasteiger partial charge in [0.05, 0.1) is 35.5 Å². The number of carboxylic acid groups (broad SMARTS) is 1. The van der Waals surface area contributed by atoms with Crippen LogP contribution in [-0.2, 0) is 34.1 Å². The van der Waals surface area contributed by atoms with Crippen LogP contribution in [0.4, 0.5) is 0 Å². The van der Waals surface area contributed by atoms with Crippen molar-refractivity contribution < 1.29 is 47.0 Å². The van der Waals surface area contributed by atoms with Crippen molar-refractivity contribution in [2.45, 2.75) is 96.3 Å². The topological polar surface area (TPSA) is 202 Å². The second-order valence-electron chi connectivity index (χ2n) is 15.0. The summed E-state index contributed by atoms with van der Waals surface area (Å²) >= 11 is 0. The standard InChI is InChI=1S/C36H47N5O10S/c1-35(2,3)51-29(43)17-22-13-9-7-6-8-10-14-23-19-36(23,34(47)39-52(48,49)40(4)5)20-28(42)27-18-24(21-41(27)32(22)44)50-31-30(33(45)46)37-25-15-11-12-16-26(25)38-31/h10-12,14-16,22-24,27H,6-9,13,17-21H2,1-5H3,(H,39,47)(H,45,46)/b14-10-/t22-,23+,24-,27+,36-/m1/s1. The number of benzene rings is 1. The van der Waals surface area contributed by atoms with Gasteiger partial charge < -0.3 is 19.5 Å². The Morgan fingerprint density at radius 3 is 2.42 bits per heavy atom. The highest BCUT2D eigenvalue weighted by molar-refractivity contribution is 7.87.